The van der Waals surface area contributed by atoms with Gasteiger partial charge in [-0.1, -0.05) is 13.8 Å². The summed E-state index contributed by atoms with van der Waals surface area (Å²) in [5.74, 6) is 1.28. The third kappa shape index (κ3) is 3.35. The second-order valence-electron chi connectivity index (χ2n) is 5.70. The molecule has 0 saturated carbocycles. The fraction of sp³-hybridized carbons (Fsp3) is 0.533. The number of aryl methyl sites for hydroxylation is 1. The van der Waals surface area contributed by atoms with E-state index < -0.39 is 6.04 Å². The van der Waals surface area contributed by atoms with Crippen LogP contribution in [0.2, 0.25) is 0 Å². The van der Waals surface area contributed by atoms with Crippen LogP contribution in [-0.4, -0.2) is 27.0 Å². The molecule has 1 amide bonds. The van der Waals surface area contributed by atoms with Gasteiger partial charge in [0, 0.05) is 12.7 Å². The molecule has 0 spiro atoms. The van der Waals surface area contributed by atoms with Crippen LogP contribution in [0.3, 0.4) is 0 Å². The fourth-order valence-electron chi connectivity index (χ4n) is 2.20. The number of hydrogen-bond donors (Lipinski definition) is 1. The molecule has 0 aliphatic heterocycles. The van der Waals surface area contributed by atoms with Crippen LogP contribution in [0, 0.1) is 12.8 Å². The summed E-state index contributed by atoms with van der Waals surface area (Å²) in [6, 6.07) is 1.56. The zero-order chi connectivity index (χ0) is 15.6. The Morgan fingerprint density at radius 2 is 2.14 bits per heavy atom. The van der Waals surface area contributed by atoms with Crippen molar-refractivity contribution in [3.05, 3.63) is 23.7 Å². The number of hydrogen-bond acceptors (Lipinski definition) is 3. The number of rotatable bonds is 5. The minimum absolute atomic E-state index is 0.0447. The first-order valence-electron chi connectivity index (χ1n) is 7.11. The summed E-state index contributed by atoms with van der Waals surface area (Å²) < 4.78 is 1.82. The molecule has 5 nitrogen and oxygen atoms in total. The van der Waals surface area contributed by atoms with Gasteiger partial charge in [0.15, 0.2) is 5.65 Å². The Labute approximate surface area is 129 Å². The Bertz CT molecular complexity index is 650. The highest BCUT2D eigenvalue weighted by atomic mass is 35.5. The average molecular weight is 309 g/mol. The summed E-state index contributed by atoms with van der Waals surface area (Å²) in [7, 11) is 0. The Balaban J connectivity index is 2.37. The summed E-state index contributed by atoms with van der Waals surface area (Å²) in [5.41, 5.74) is 2.50. The van der Waals surface area contributed by atoms with Crippen LogP contribution in [0.15, 0.2) is 12.3 Å². The van der Waals surface area contributed by atoms with Gasteiger partial charge in [0.2, 0.25) is 5.91 Å². The molecule has 1 atom stereocenters. The van der Waals surface area contributed by atoms with Gasteiger partial charge in [0.1, 0.15) is 17.4 Å². The predicted molar refractivity (Wildman–Crippen MR) is 84.4 cm³/mol. The summed E-state index contributed by atoms with van der Waals surface area (Å²) >= 11 is 5.98. The second kappa shape index (κ2) is 6.43. The van der Waals surface area contributed by atoms with Gasteiger partial charge in [0.25, 0.3) is 0 Å². The zero-order valence-electron chi connectivity index (χ0n) is 12.9. The van der Waals surface area contributed by atoms with Gasteiger partial charge in [-0.2, -0.15) is 0 Å². The molecule has 0 radical (unpaired) electrons. The molecule has 0 fully saturated rings. The van der Waals surface area contributed by atoms with E-state index in [1.165, 1.54) is 0 Å². The number of alkyl halides is 1. The molecule has 6 heteroatoms. The Kier molecular flexibility index (Phi) is 4.83. The van der Waals surface area contributed by atoms with Crippen molar-refractivity contribution in [2.24, 2.45) is 5.92 Å². The van der Waals surface area contributed by atoms with Crippen LogP contribution < -0.4 is 5.32 Å². The second-order valence-corrected chi connectivity index (χ2v) is 5.97. The van der Waals surface area contributed by atoms with Gasteiger partial charge in [-0.05, 0) is 31.4 Å². The van der Waals surface area contributed by atoms with Crippen LogP contribution in [0.25, 0.3) is 11.2 Å². The molecule has 0 aliphatic rings. The van der Waals surface area contributed by atoms with E-state index in [0.717, 1.165) is 11.1 Å². The van der Waals surface area contributed by atoms with E-state index in [4.69, 9.17) is 11.6 Å². The number of carbonyl (C=O) groups is 1. The lowest BCUT2D eigenvalue weighted by Crippen LogP contribution is -2.34. The molecule has 21 heavy (non-hydrogen) atoms. The Hall–Kier alpha value is -1.62. The van der Waals surface area contributed by atoms with Crippen molar-refractivity contribution in [1.82, 2.24) is 19.9 Å². The quantitative estimate of drug-likeness (QED) is 0.864. The number of amides is 1. The SMILES string of the molecule is Cc1cnc2c(c1)nc(CCl)n2C(C)C(=O)NCC(C)C. The standard InChI is InChI=1S/C15H21ClN4O/c1-9(2)7-18-15(21)11(4)20-13(6-16)19-12-5-10(3)8-17-14(12)20/h5,8-9,11H,6-7H2,1-4H3,(H,18,21). The number of halogens is 1. The first-order valence-corrected chi connectivity index (χ1v) is 7.64. The molecule has 0 saturated heterocycles. The van der Waals surface area contributed by atoms with Crippen molar-refractivity contribution < 1.29 is 4.79 Å². The van der Waals surface area contributed by atoms with Crippen LogP contribution >= 0.6 is 11.6 Å². The summed E-state index contributed by atoms with van der Waals surface area (Å²) in [5, 5.41) is 2.94. The van der Waals surface area contributed by atoms with E-state index in [-0.39, 0.29) is 11.8 Å². The molecule has 0 aromatic carbocycles. The Morgan fingerprint density at radius 1 is 1.43 bits per heavy atom. The molecule has 0 aliphatic carbocycles. The van der Waals surface area contributed by atoms with E-state index in [9.17, 15) is 4.79 Å². The number of nitrogens with one attached hydrogen (secondary N) is 1. The molecule has 2 aromatic rings. The highest BCUT2D eigenvalue weighted by Crippen LogP contribution is 2.21. The van der Waals surface area contributed by atoms with Crippen molar-refractivity contribution in [3.63, 3.8) is 0 Å². The third-order valence-corrected chi connectivity index (χ3v) is 3.55. The lowest BCUT2D eigenvalue weighted by Gasteiger charge is -2.17. The van der Waals surface area contributed by atoms with Crippen molar-refractivity contribution >= 4 is 28.7 Å². The van der Waals surface area contributed by atoms with Crippen molar-refractivity contribution in [1.29, 1.82) is 0 Å². The number of fused-ring (bicyclic) bond motifs is 1. The van der Waals surface area contributed by atoms with E-state index in [2.05, 4.69) is 29.1 Å². The van der Waals surface area contributed by atoms with Crippen molar-refractivity contribution in [3.8, 4) is 0 Å². The van der Waals surface area contributed by atoms with Crippen molar-refractivity contribution in [2.75, 3.05) is 6.54 Å². The minimum atomic E-state index is -0.391. The Morgan fingerprint density at radius 3 is 2.76 bits per heavy atom. The average Bonchev–Trinajstić information content (AvgIpc) is 2.81. The molecule has 2 rings (SSSR count). The number of aromatic nitrogens is 3. The third-order valence-electron chi connectivity index (χ3n) is 3.31. The smallest absolute Gasteiger partial charge is 0.242 e. The van der Waals surface area contributed by atoms with Gasteiger partial charge in [-0.3, -0.25) is 9.36 Å². The lowest BCUT2D eigenvalue weighted by molar-refractivity contribution is -0.124. The highest BCUT2D eigenvalue weighted by Gasteiger charge is 2.22. The monoisotopic (exact) mass is 308 g/mol. The zero-order valence-corrected chi connectivity index (χ0v) is 13.6. The normalized spacial score (nSPS) is 12.9. The molecular weight excluding hydrogens is 288 g/mol. The van der Waals surface area contributed by atoms with E-state index >= 15 is 0 Å². The molecular formula is C15H21ClN4O. The first kappa shape index (κ1) is 15.8. The summed E-state index contributed by atoms with van der Waals surface area (Å²) in [6.45, 7) is 8.58. The largest absolute Gasteiger partial charge is 0.354 e. The maximum absolute atomic E-state index is 12.3. The van der Waals surface area contributed by atoms with Gasteiger partial charge in [0.05, 0.1) is 5.88 Å². The van der Waals surface area contributed by atoms with Crippen molar-refractivity contribution in [2.45, 2.75) is 39.6 Å². The summed E-state index contributed by atoms with van der Waals surface area (Å²) in [6.07, 6.45) is 1.78. The van der Waals surface area contributed by atoms with Crippen LogP contribution in [0.4, 0.5) is 0 Å². The van der Waals surface area contributed by atoms with Gasteiger partial charge in [-0.25, -0.2) is 9.97 Å². The minimum Gasteiger partial charge on any atom is -0.354 e. The van der Waals surface area contributed by atoms with E-state index in [1.807, 2.05) is 24.5 Å². The molecule has 1 N–H and O–H groups in total. The fourth-order valence-corrected chi connectivity index (χ4v) is 2.39. The molecule has 0 bridgehead atoms. The lowest BCUT2D eigenvalue weighted by atomic mass is 10.2. The predicted octanol–water partition coefficient (Wildman–Crippen LogP) is 2.81. The van der Waals surface area contributed by atoms with Crippen LogP contribution in [0.5, 0.6) is 0 Å². The first-order chi connectivity index (χ1) is 9.93. The maximum atomic E-state index is 12.3. The maximum Gasteiger partial charge on any atom is 0.242 e. The molecule has 2 heterocycles. The number of imidazole rings is 1. The van der Waals surface area contributed by atoms with Crippen LogP contribution in [0.1, 0.15) is 38.2 Å². The number of carbonyl (C=O) groups excluding carboxylic acids is 1. The van der Waals surface area contributed by atoms with Gasteiger partial charge in [-0.15, -0.1) is 11.6 Å². The summed E-state index contributed by atoms with van der Waals surface area (Å²) in [4.78, 5) is 21.2. The van der Waals surface area contributed by atoms with E-state index in [0.29, 0.717) is 23.9 Å². The van der Waals surface area contributed by atoms with E-state index in [1.54, 1.807) is 6.20 Å². The molecule has 2 aromatic heterocycles. The number of pyridine rings is 1. The van der Waals surface area contributed by atoms with Gasteiger partial charge >= 0.3 is 0 Å². The topological polar surface area (TPSA) is 59.8 Å². The van der Waals surface area contributed by atoms with Crippen LogP contribution in [-0.2, 0) is 10.7 Å². The molecule has 1 unspecified atom stereocenters. The highest BCUT2D eigenvalue weighted by molar-refractivity contribution is 6.16. The number of nitrogens with zero attached hydrogens (tertiary/aromatic N) is 3. The van der Waals surface area contributed by atoms with Gasteiger partial charge < -0.3 is 5.32 Å². The molecule has 114 valence electrons.